The Morgan fingerprint density at radius 3 is 2.76 bits per heavy atom. The quantitative estimate of drug-likeness (QED) is 0.770. The molecule has 0 spiro atoms. The molecule has 3 rings (SSSR count). The van der Waals surface area contributed by atoms with E-state index in [1.54, 1.807) is 36.5 Å². The molecule has 0 aliphatic heterocycles. The summed E-state index contributed by atoms with van der Waals surface area (Å²) in [6.45, 7) is 6.36. The van der Waals surface area contributed by atoms with Crippen molar-refractivity contribution in [1.29, 1.82) is 0 Å². The number of hydrogen-bond donors (Lipinski definition) is 1. The largest absolute Gasteiger partial charge is 0.463 e. The Morgan fingerprint density at radius 1 is 1.40 bits per heavy atom. The minimum absolute atomic E-state index is 0.0667. The van der Waals surface area contributed by atoms with Crippen molar-refractivity contribution in [2.45, 2.75) is 32.9 Å². The molecule has 0 bridgehead atoms. The van der Waals surface area contributed by atoms with Crippen LogP contribution in [-0.4, -0.2) is 45.2 Å². The average Bonchev–Trinajstić information content (AvgIpc) is 3.27. The molecular formula is C18H23N5O2. The van der Waals surface area contributed by atoms with Crippen LogP contribution in [0.5, 0.6) is 0 Å². The van der Waals surface area contributed by atoms with Crippen LogP contribution in [0, 0.1) is 0 Å². The first-order chi connectivity index (χ1) is 11.9. The van der Waals surface area contributed by atoms with Crippen molar-refractivity contribution in [2.75, 3.05) is 13.6 Å². The number of likely N-dealkylation sites (N-methyl/N-ethyl adjacent to an activating group) is 1. The Balaban J connectivity index is 2.21. The summed E-state index contributed by atoms with van der Waals surface area (Å²) in [5.74, 6) is 0.503. The van der Waals surface area contributed by atoms with Gasteiger partial charge in [0.1, 0.15) is 5.69 Å². The van der Waals surface area contributed by atoms with Crippen LogP contribution in [0.3, 0.4) is 0 Å². The molecule has 1 unspecified atom stereocenters. The third-order valence-electron chi connectivity index (χ3n) is 4.38. The van der Waals surface area contributed by atoms with Gasteiger partial charge in [0.2, 0.25) is 0 Å². The van der Waals surface area contributed by atoms with Gasteiger partial charge in [-0.15, -0.1) is 0 Å². The van der Waals surface area contributed by atoms with E-state index in [0.717, 1.165) is 5.39 Å². The molecule has 3 aromatic rings. The molecule has 1 atom stereocenters. The van der Waals surface area contributed by atoms with Crippen LogP contribution in [0.4, 0.5) is 0 Å². The molecular weight excluding hydrogens is 318 g/mol. The van der Waals surface area contributed by atoms with E-state index in [0.29, 0.717) is 29.2 Å². The lowest BCUT2D eigenvalue weighted by Crippen LogP contribution is -2.39. The van der Waals surface area contributed by atoms with Gasteiger partial charge < -0.3 is 15.1 Å². The molecule has 0 aromatic carbocycles. The lowest BCUT2D eigenvalue weighted by atomic mass is 10.1. The number of pyridine rings is 1. The van der Waals surface area contributed by atoms with Gasteiger partial charge in [-0.2, -0.15) is 5.10 Å². The zero-order chi connectivity index (χ0) is 18.1. The fraction of sp³-hybridized carbons (Fsp3) is 0.389. The lowest BCUT2D eigenvalue weighted by Gasteiger charge is -2.24. The van der Waals surface area contributed by atoms with Crippen molar-refractivity contribution in [3.05, 3.63) is 36.2 Å². The second-order valence-electron chi connectivity index (χ2n) is 6.45. The standard InChI is InChI=1S/C18H23N5O2/c1-11(2)23-17-14(10-20-23)13(18(24)22(4)12(3)9-19)8-15(21-17)16-6-5-7-25-16/h5-8,10-12H,9,19H2,1-4H3. The molecule has 0 aliphatic rings. The third kappa shape index (κ3) is 3.02. The second kappa shape index (κ2) is 6.68. The predicted octanol–water partition coefficient (Wildman–Crippen LogP) is 2.69. The Morgan fingerprint density at radius 2 is 2.16 bits per heavy atom. The molecule has 7 heteroatoms. The summed E-state index contributed by atoms with van der Waals surface area (Å²) in [6.07, 6.45) is 3.29. The first kappa shape index (κ1) is 17.2. The molecule has 132 valence electrons. The SMILES string of the molecule is CC(CN)N(C)C(=O)c1cc(-c2ccco2)nc2c1cnn2C(C)C. The fourth-order valence-corrected chi connectivity index (χ4v) is 2.67. The van der Waals surface area contributed by atoms with Gasteiger partial charge in [0.15, 0.2) is 11.4 Å². The van der Waals surface area contributed by atoms with Crippen molar-refractivity contribution in [2.24, 2.45) is 5.73 Å². The van der Waals surface area contributed by atoms with E-state index in [2.05, 4.69) is 10.1 Å². The molecule has 2 N–H and O–H groups in total. The Hall–Kier alpha value is -2.67. The van der Waals surface area contributed by atoms with E-state index in [-0.39, 0.29) is 18.0 Å². The number of carbonyl (C=O) groups excluding carboxylic acids is 1. The molecule has 0 fully saturated rings. The number of amides is 1. The molecule has 0 radical (unpaired) electrons. The molecule has 0 saturated carbocycles. The number of rotatable bonds is 5. The molecule has 1 amide bonds. The maximum absolute atomic E-state index is 13.0. The first-order valence-electron chi connectivity index (χ1n) is 8.33. The van der Waals surface area contributed by atoms with Crippen LogP contribution in [0.15, 0.2) is 35.1 Å². The molecule has 25 heavy (non-hydrogen) atoms. The minimum Gasteiger partial charge on any atom is -0.463 e. The van der Waals surface area contributed by atoms with Crippen molar-refractivity contribution >= 4 is 16.9 Å². The van der Waals surface area contributed by atoms with E-state index in [9.17, 15) is 4.79 Å². The van der Waals surface area contributed by atoms with Gasteiger partial charge in [-0.25, -0.2) is 9.67 Å². The average molecular weight is 341 g/mol. The molecule has 0 saturated heterocycles. The minimum atomic E-state index is -0.110. The van der Waals surface area contributed by atoms with Gasteiger partial charge in [0.25, 0.3) is 5.91 Å². The normalized spacial score (nSPS) is 12.7. The summed E-state index contributed by atoms with van der Waals surface area (Å²) >= 11 is 0. The van der Waals surface area contributed by atoms with Crippen molar-refractivity contribution in [1.82, 2.24) is 19.7 Å². The van der Waals surface area contributed by atoms with E-state index < -0.39 is 0 Å². The van der Waals surface area contributed by atoms with Crippen LogP contribution in [0.1, 0.15) is 37.2 Å². The van der Waals surface area contributed by atoms with Crippen LogP contribution >= 0.6 is 0 Å². The highest BCUT2D eigenvalue weighted by Gasteiger charge is 2.23. The fourth-order valence-electron chi connectivity index (χ4n) is 2.67. The zero-order valence-electron chi connectivity index (χ0n) is 14.9. The number of carbonyl (C=O) groups is 1. The Kier molecular flexibility index (Phi) is 4.59. The van der Waals surface area contributed by atoms with Gasteiger partial charge in [-0.3, -0.25) is 4.79 Å². The maximum Gasteiger partial charge on any atom is 0.254 e. The van der Waals surface area contributed by atoms with Crippen LogP contribution in [0.25, 0.3) is 22.5 Å². The van der Waals surface area contributed by atoms with Gasteiger partial charge >= 0.3 is 0 Å². The zero-order valence-corrected chi connectivity index (χ0v) is 14.9. The molecule has 3 aromatic heterocycles. The van der Waals surface area contributed by atoms with E-state index >= 15 is 0 Å². The molecule has 7 nitrogen and oxygen atoms in total. The summed E-state index contributed by atoms with van der Waals surface area (Å²) in [4.78, 5) is 19.4. The van der Waals surface area contributed by atoms with Crippen LogP contribution in [0.2, 0.25) is 0 Å². The van der Waals surface area contributed by atoms with E-state index in [1.807, 2.05) is 31.5 Å². The summed E-state index contributed by atoms with van der Waals surface area (Å²) < 4.78 is 7.28. The smallest absolute Gasteiger partial charge is 0.254 e. The van der Waals surface area contributed by atoms with E-state index in [1.165, 1.54) is 0 Å². The van der Waals surface area contributed by atoms with Crippen molar-refractivity contribution in [3.8, 4) is 11.5 Å². The molecule has 0 aliphatic carbocycles. The number of nitrogens with two attached hydrogens (primary N) is 1. The summed E-state index contributed by atoms with van der Waals surface area (Å²) in [5, 5.41) is 5.14. The highest BCUT2D eigenvalue weighted by Crippen LogP contribution is 2.27. The van der Waals surface area contributed by atoms with Crippen molar-refractivity contribution in [3.63, 3.8) is 0 Å². The number of hydrogen-bond acceptors (Lipinski definition) is 5. The van der Waals surface area contributed by atoms with Crippen molar-refractivity contribution < 1.29 is 9.21 Å². The number of aromatic nitrogens is 3. The highest BCUT2D eigenvalue weighted by molar-refractivity contribution is 6.06. The first-order valence-corrected chi connectivity index (χ1v) is 8.33. The van der Waals surface area contributed by atoms with E-state index in [4.69, 9.17) is 10.2 Å². The number of furan rings is 1. The van der Waals surface area contributed by atoms with Crippen LogP contribution < -0.4 is 5.73 Å². The second-order valence-corrected chi connectivity index (χ2v) is 6.45. The maximum atomic E-state index is 13.0. The summed E-state index contributed by atoms with van der Waals surface area (Å²) in [6, 6.07) is 5.44. The van der Waals surface area contributed by atoms with Gasteiger partial charge in [0.05, 0.1) is 23.4 Å². The lowest BCUT2D eigenvalue weighted by molar-refractivity contribution is 0.0750. The topological polar surface area (TPSA) is 90.2 Å². The van der Waals surface area contributed by atoms with Crippen LogP contribution in [-0.2, 0) is 0 Å². The number of fused-ring (bicyclic) bond motifs is 1. The number of nitrogens with zero attached hydrogens (tertiary/aromatic N) is 4. The molecule has 3 heterocycles. The van der Waals surface area contributed by atoms with Gasteiger partial charge in [0, 0.05) is 25.7 Å². The summed E-state index contributed by atoms with van der Waals surface area (Å²) in [5.41, 5.74) is 7.54. The summed E-state index contributed by atoms with van der Waals surface area (Å²) in [7, 11) is 1.76. The monoisotopic (exact) mass is 341 g/mol. The highest BCUT2D eigenvalue weighted by atomic mass is 16.3. The third-order valence-corrected chi connectivity index (χ3v) is 4.38. The van der Waals surface area contributed by atoms with Gasteiger partial charge in [-0.1, -0.05) is 0 Å². The Bertz CT molecular complexity index is 882. The van der Waals surface area contributed by atoms with Gasteiger partial charge in [-0.05, 0) is 39.0 Å². The Labute approximate surface area is 146 Å². The predicted molar refractivity (Wildman–Crippen MR) is 96.2 cm³/mol.